The molecular formula is C26H32N2O6. The van der Waals surface area contributed by atoms with Crippen LogP contribution in [0, 0.1) is 0 Å². The standard InChI is InChI=1S/C26H32N2O6/c1-31-21-11-7-19(17-23(21)33-3)9-13-25(29)27-15-5-6-16-28-26(30)14-10-20-8-12-22(32-2)24(18-20)34-4/h7-14,17-18H,5-6,15-16H2,1-4H3,(H,27,29)(H,28,30). The summed E-state index contributed by atoms with van der Waals surface area (Å²) in [4.78, 5) is 24.0. The Balaban J connectivity index is 1.65. The summed E-state index contributed by atoms with van der Waals surface area (Å²) in [6.07, 6.45) is 7.86. The number of amides is 2. The van der Waals surface area contributed by atoms with Gasteiger partial charge in [-0.3, -0.25) is 9.59 Å². The van der Waals surface area contributed by atoms with Crippen LogP contribution < -0.4 is 29.6 Å². The second-order valence-electron chi connectivity index (χ2n) is 7.18. The van der Waals surface area contributed by atoms with Crippen LogP contribution in [-0.4, -0.2) is 53.3 Å². The van der Waals surface area contributed by atoms with Gasteiger partial charge in [0, 0.05) is 25.2 Å². The molecule has 0 aliphatic carbocycles. The smallest absolute Gasteiger partial charge is 0.243 e. The lowest BCUT2D eigenvalue weighted by Crippen LogP contribution is -2.25. The van der Waals surface area contributed by atoms with Crippen molar-refractivity contribution in [2.75, 3.05) is 41.5 Å². The van der Waals surface area contributed by atoms with Gasteiger partial charge >= 0.3 is 0 Å². The molecule has 0 radical (unpaired) electrons. The van der Waals surface area contributed by atoms with E-state index in [1.165, 1.54) is 12.2 Å². The summed E-state index contributed by atoms with van der Waals surface area (Å²) in [5, 5.41) is 5.66. The molecule has 0 saturated carbocycles. The summed E-state index contributed by atoms with van der Waals surface area (Å²) in [5.41, 5.74) is 1.66. The van der Waals surface area contributed by atoms with Crippen molar-refractivity contribution in [2.45, 2.75) is 12.8 Å². The fourth-order valence-electron chi connectivity index (χ4n) is 3.05. The molecule has 0 bridgehead atoms. The zero-order valence-electron chi connectivity index (χ0n) is 20.1. The first-order chi connectivity index (χ1) is 16.5. The quantitative estimate of drug-likeness (QED) is 0.345. The van der Waals surface area contributed by atoms with Gasteiger partial charge in [-0.2, -0.15) is 0 Å². The number of benzene rings is 2. The minimum atomic E-state index is -0.184. The molecule has 2 amide bonds. The predicted octanol–water partition coefficient (Wildman–Crippen LogP) is 3.46. The van der Waals surface area contributed by atoms with E-state index in [1.807, 2.05) is 12.1 Å². The topological polar surface area (TPSA) is 95.1 Å². The van der Waals surface area contributed by atoms with Gasteiger partial charge in [-0.1, -0.05) is 12.1 Å². The molecule has 0 aromatic heterocycles. The Morgan fingerprint density at radius 3 is 1.38 bits per heavy atom. The van der Waals surface area contributed by atoms with E-state index in [1.54, 1.807) is 64.9 Å². The molecule has 8 nitrogen and oxygen atoms in total. The van der Waals surface area contributed by atoms with Gasteiger partial charge in [0.15, 0.2) is 23.0 Å². The molecule has 2 N–H and O–H groups in total. The molecule has 0 heterocycles. The fourth-order valence-corrected chi connectivity index (χ4v) is 3.05. The van der Waals surface area contributed by atoms with Crippen LogP contribution in [0.5, 0.6) is 23.0 Å². The Bertz CT molecular complexity index is 935. The third-order valence-corrected chi connectivity index (χ3v) is 4.87. The lowest BCUT2D eigenvalue weighted by molar-refractivity contribution is -0.117. The van der Waals surface area contributed by atoms with Crippen LogP contribution in [0.1, 0.15) is 24.0 Å². The van der Waals surface area contributed by atoms with E-state index >= 15 is 0 Å². The highest BCUT2D eigenvalue weighted by molar-refractivity contribution is 5.92. The normalized spacial score (nSPS) is 10.8. The first kappa shape index (κ1) is 26.3. The van der Waals surface area contributed by atoms with Crippen molar-refractivity contribution in [1.82, 2.24) is 10.6 Å². The number of nitrogens with one attached hydrogen (secondary N) is 2. The van der Waals surface area contributed by atoms with E-state index in [0.29, 0.717) is 36.1 Å². The van der Waals surface area contributed by atoms with E-state index in [2.05, 4.69) is 10.6 Å². The van der Waals surface area contributed by atoms with Gasteiger partial charge in [0.05, 0.1) is 28.4 Å². The molecule has 0 fully saturated rings. The molecule has 2 aromatic rings. The van der Waals surface area contributed by atoms with Gasteiger partial charge in [-0.05, 0) is 60.4 Å². The Morgan fingerprint density at radius 1 is 0.647 bits per heavy atom. The van der Waals surface area contributed by atoms with Crippen molar-refractivity contribution in [3.63, 3.8) is 0 Å². The third-order valence-electron chi connectivity index (χ3n) is 4.87. The summed E-state index contributed by atoms with van der Waals surface area (Å²) in [6, 6.07) is 10.8. The minimum Gasteiger partial charge on any atom is -0.493 e. The maximum absolute atomic E-state index is 12.0. The molecule has 2 aromatic carbocycles. The second kappa shape index (κ2) is 14.3. The van der Waals surface area contributed by atoms with Gasteiger partial charge in [0.1, 0.15) is 0 Å². The summed E-state index contributed by atoms with van der Waals surface area (Å²) >= 11 is 0. The highest BCUT2D eigenvalue weighted by Crippen LogP contribution is 2.28. The van der Waals surface area contributed by atoms with Crippen molar-refractivity contribution in [2.24, 2.45) is 0 Å². The van der Waals surface area contributed by atoms with Gasteiger partial charge < -0.3 is 29.6 Å². The predicted molar refractivity (Wildman–Crippen MR) is 132 cm³/mol. The fraction of sp³-hybridized carbons (Fsp3) is 0.308. The van der Waals surface area contributed by atoms with Gasteiger partial charge in [-0.15, -0.1) is 0 Å². The monoisotopic (exact) mass is 468 g/mol. The molecule has 0 aliphatic heterocycles. The first-order valence-electron chi connectivity index (χ1n) is 10.9. The summed E-state index contributed by atoms with van der Waals surface area (Å²) in [6.45, 7) is 1.04. The zero-order chi connectivity index (χ0) is 24.8. The van der Waals surface area contributed by atoms with E-state index in [-0.39, 0.29) is 11.8 Å². The maximum atomic E-state index is 12.0. The van der Waals surface area contributed by atoms with Crippen LogP contribution in [0.4, 0.5) is 0 Å². The molecular weight excluding hydrogens is 436 g/mol. The summed E-state index contributed by atoms with van der Waals surface area (Å²) < 4.78 is 20.9. The van der Waals surface area contributed by atoms with Gasteiger partial charge in [0.2, 0.25) is 11.8 Å². The molecule has 2 rings (SSSR count). The molecule has 0 saturated heterocycles. The lowest BCUT2D eigenvalue weighted by atomic mass is 10.2. The Morgan fingerprint density at radius 2 is 1.03 bits per heavy atom. The van der Waals surface area contributed by atoms with Crippen LogP contribution in [0.15, 0.2) is 48.6 Å². The molecule has 34 heavy (non-hydrogen) atoms. The van der Waals surface area contributed by atoms with Crippen molar-refractivity contribution in [3.05, 3.63) is 59.7 Å². The van der Waals surface area contributed by atoms with Crippen LogP contribution in [0.2, 0.25) is 0 Å². The van der Waals surface area contributed by atoms with Crippen LogP contribution in [0.25, 0.3) is 12.2 Å². The van der Waals surface area contributed by atoms with Crippen molar-refractivity contribution < 1.29 is 28.5 Å². The largest absolute Gasteiger partial charge is 0.493 e. The highest BCUT2D eigenvalue weighted by atomic mass is 16.5. The Hall–Kier alpha value is -3.94. The number of rotatable bonds is 13. The number of carbonyl (C=O) groups excluding carboxylic acids is 2. The number of carbonyl (C=O) groups is 2. The second-order valence-corrected chi connectivity index (χ2v) is 7.18. The lowest BCUT2D eigenvalue weighted by Gasteiger charge is -2.07. The van der Waals surface area contributed by atoms with Gasteiger partial charge in [0.25, 0.3) is 0 Å². The average Bonchev–Trinajstić information content (AvgIpc) is 2.87. The number of methoxy groups -OCH3 is 4. The Labute approximate surface area is 200 Å². The van der Waals surface area contributed by atoms with E-state index in [0.717, 1.165) is 24.0 Å². The molecule has 0 atom stereocenters. The molecule has 0 spiro atoms. The van der Waals surface area contributed by atoms with Crippen molar-refractivity contribution in [1.29, 1.82) is 0 Å². The zero-order valence-corrected chi connectivity index (χ0v) is 20.1. The molecule has 8 heteroatoms. The van der Waals surface area contributed by atoms with E-state index < -0.39 is 0 Å². The van der Waals surface area contributed by atoms with E-state index in [4.69, 9.17) is 18.9 Å². The highest BCUT2D eigenvalue weighted by Gasteiger charge is 2.04. The average molecular weight is 469 g/mol. The minimum absolute atomic E-state index is 0.184. The van der Waals surface area contributed by atoms with Gasteiger partial charge in [-0.25, -0.2) is 0 Å². The molecule has 0 unspecified atom stereocenters. The SMILES string of the molecule is COc1ccc(C=CC(=O)NCCCCNC(=O)C=Cc2ccc(OC)c(OC)c2)cc1OC. The molecule has 0 aliphatic rings. The summed E-state index contributed by atoms with van der Waals surface area (Å²) in [5.74, 6) is 2.10. The maximum Gasteiger partial charge on any atom is 0.243 e. The number of unbranched alkanes of at least 4 members (excludes halogenated alkanes) is 1. The van der Waals surface area contributed by atoms with Crippen LogP contribution in [0.3, 0.4) is 0 Å². The molecule has 182 valence electrons. The summed E-state index contributed by atoms with van der Waals surface area (Å²) in [7, 11) is 6.27. The van der Waals surface area contributed by atoms with E-state index in [9.17, 15) is 9.59 Å². The number of ether oxygens (including phenoxy) is 4. The third kappa shape index (κ3) is 8.54. The first-order valence-corrected chi connectivity index (χ1v) is 10.9. The number of hydrogen-bond acceptors (Lipinski definition) is 6. The van der Waals surface area contributed by atoms with Crippen molar-refractivity contribution >= 4 is 24.0 Å². The Kier molecular flexibility index (Phi) is 11.0. The van der Waals surface area contributed by atoms with Crippen LogP contribution >= 0.6 is 0 Å². The number of hydrogen-bond donors (Lipinski definition) is 2. The van der Waals surface area contributed by atoms with Crippen molar-refractivity contribution in [3.8, 4) is 23.0 Å². The van der Waals surface area contributed by atoms with Crippen LogP contribution in [-0.2, 0) is 9.59 Å².